The van der Waals surface area contributed by atoms with Crippen molar-refractivity contribution in [3.05, 3.63) is 42.1 Å². The lowest BCUT2D eigenvalue weighted by Crippen LogP contribution is -2.33. The molecule has 1 aromatic carbocycles. The van der Waals surface area contributed by atoms with E-state index in [9.17, 15) is 13.2 Å². The molecule has 1 atom stereocenters. The topological polar surface area (TPSA) is 110 Å². The van der Waals surface area contributed by atoms with Crippen LogP contribution < -0.4 is 10.5 Å². The molecule has 0 aliphatic heterocycles. The van der Waals surface area contributed by atoms with Crippen molar-refractivity contribution < 1.29 is 13.2 Å². The molecule has 0 aliphatic rings. The van der Waals surface area contributed by atoms with Crippen molar-refractivity contribution in [1.29, 1.82) is 0 Å². The van der Waals surface area contributed by atoms with Crippen LogP contribution in [0.5, 0.6) is 0 Å². The van der Waals surface area contributed by atoms with Gasteiger partial charge in [-0.2, -0.15) is 5.10 Å². The second-order valence-corrected chi connectivity index (χ2v) is 6.77. The van der Waals surface area contributed by atoms with Crippen LogP contribution in [0, 0.1) is 0 Å². The van der Waals surface area contributed by atoms with Gasteiger partial charge in [-0.25, -0.2) is 18.4 Å². The van der Waals surface area contributed by atoms with Crippen LogP contribution in [0.2, 0.25) is 0 Å². The number of carbonyl (C=O) groups excluding carboxylic acids is 1. The molecule has 0 fully saturated rings. The molecule has 1 heterocycles. The van der Waals surface area contributed by atoms with Crippen molar-refractivity contribution in [2.24, 2.45) is 12.2 Å². The number of primary sulfonamides is 1. The average molecular weight is 337 g/mol. The number of rotatable bonds is 4. The van der Waals surface area contributed by atoms with Crippen LogP contribution in [0.3, 0.4) is 0 Å². The summed E-state index contributed by atoms with van der Waals surface area (Å²) in [4.78, 5) is 13.7. The maximum absolute atomic E-state index is 12.2. The zero-order valence-corrected chi connectivity index (χ0v) is 13.9. The highest BCUT2D eigenvalue weighted by Gasteiger charge is 2.19. The molecule has 8 nitrogen and oxygen atoms in total. The molecule has 2 amide bonds. The molecule has 0 unspecified atom stereocenters. The van der Waals surface area contributed by atoms with E-state index in [0.29, 0.717) is 5.82 Å². The van der Waals surface area contributed by atoms with Gasteiger partial charge in [-0.3, -0.25) is 10.00 Å². The number of anilines is 1. The molecule has 2 rings (SSSR count). The first-order valence-corrected chi connectivity index (χ1v) is 8.39. The Kier molecular flexibility index (Phi) is 4.71. The molecular formula is C14H19N5O3S. The normalized spacial score (nSPS) is 12.7. The van der Waals surface area contributed by atoms with E-state index in [-0.39, 0.29) is 17.0 Å². The van der Waals surface area contributed by atoms with Crippen LogP contribution in [0.1, 0.15) is 18.5 Å². The van der Waals surface area contributed by atoms with E-state index in [0.717, 1.165) is 5.56 Å². The second-order valence-electron chi connectivity index (χ2n) is 5.21. The minimum Gasteiger partial charge on any atom is -0.321 e. The van der Waals surface area contributed by atoms with Gasteiger partial charge in [0, 0.05) is 26.4 Å². The van der Waals surface area contributed by atoms with Gasteiger partial charge in [-0.1, -0.05) is 12.1 Å². The predicted octanol–water partition coefficient (Wildman–Crippen LogP) is 1.29. The van der Waals surface area contributed by atoms with E-state index in [2.05, 4.69) is 10.4 Å². The zero-order valence-electron chi connectivity index (χ0n) is 13.1. The highest BCUT2D eigenvalue weighted by Crippen LogP contribution is 2.21. The Morgan fingerprint density at radius 1 is 1.30 bits per heavy atom. The fraction of sp³-hybridized carbons (Fsp3) is 0.286. The molecule has 0 saturated carbocycles. The first kappa shape index (κ1) is 17.0. The summed E-state index contributed by atoms with van der Waals surface area (Å²) in [6, 6.07) is 7.23. The number of nitrogens with two attached hydrogens (primary N) is 1. The van der Waals surface area contributed by atoms with Gasteiger partial charge in [-0.05, 0) is 24.6 Å². The molecule has 0 radical (unpaired) electrons. The highest BCUT2D eigenvalue weighted by atomic mass is 32.2. The first-order chi connectivity index (χ1) is 10.7. The Hall–Kier alpha value is -2.39. The van der Waals surface area contributed by atoms with E-state index < -0.39 is 10.0 Å². The summed E-state index contributed by atoms with van der Waals surface area (Å²) in [6.45, 7) is 1.84. The average Bonchev–Trinajstić information content (AvgIpc) is 2.90. The maximum atomic E-state index is 12.2. The number of aromatic nitrogens is 2. The smallest absolute Gasteiger partial charge is 0.321 e. The number of benzene rings is 1. The molecular weight excluding hydrogens is 318 g/mol. The molecule has 1 aromatic heterocycles. The molecule has 0 spiro atoms. The predicted molar refractivity (Wildman–Crippen MR) is 86.2 cm³/mol. The molecule has 0 bridgehead atoms. The van der Waals surface area contributed by atoms with Crippen molar-refractivity contribution in [2.45, 2.75) is 17.9 Å². The number of carbonyl (C=O) groups is 1. The summed E-state index contributed by atoms with van der Waals surface area (Å²) in [5.41, 5.74) is 0.788. The fourth-order valence-corrected chi connectivity index (χ4v) is 2.53. The summed E-state index contributed by atoms with van der Waals surface area (Å²) < 4.78 is 24.1. The van der Waals surface area contributed by atoms with Gasteiger partial charge >= 0.3 is 6.03 Å². The number of amides is 2. The largest absolute Gasteiger partial charge is 0.323 e. The number of hydrogen-bond donors (Lipinski definition) is 2. The van der Waals surface area contributed by atoms with Crippen LogP contribution in [-0.2, 0) is 17.1 Å². The standard InChI is InChI=1S/C14H19N5O3S/c1-10(11-4-6-12(7-5-11)23(15,21)22)19(3)14(20)16-13-8-9-18(2)17-13/h4-10H,1-3H3,(H2,15,21,22)(H,16,17,20)/t10-/m1/s1. The van der Waals surface area contributed by atoms with Crippen LogP contribution in [-0.4, -0.2) is 36.2 Å². The van der Waals surface area contributed by atoms with E-state index in [1.54, 1.807) is 43.2 Å². The van der Waals surface area contributed by atoms with Gasteiger partial charge in [0.05, 0.1) is 10.9 Å². The molecule has 23 heavy (non-hydrogen) atoms. The zero-order chi connectivity index (χ0) is 17.2. The van der Waals surface area contributed by atoms with Gasteiger partial charge in [0.15, 0.2) is 5.82 Å². The Morgan fingerprint density at radius 2 is 1.91 bits per heavy atom. The number of nitrogens with zero attached hydrogens (tertiary/aromatic N) is 3. The number of aryl methyl sites for hydroxylation is 1. The van der Waals surface area contributed by atoms with Gasteiger partial charge in [-0.15, -0.1) is 0 Å². The third-order valence-electron chi connectivity index (χ3n) is 3.54. The third-order valence-corrected chi connectivity index (χ3v) is 4.47. The Balaban J connectivity index is 2.09. The minimum absolute atomic E-state index is 0.0361. The van der Waals surface area contributed by atoms with Crippen LogP contribution in [0.15, 0.2) is 41.4 Å². The Morgan fingerprint density at radius 3 is 2.39 bits per heavy atom. The fourth-order valence-electron chi connectivity index (χ4n) is 2.01. The van der Waals surface area contributed by atoms with Crippen LogP contribution >= 0.6 is 0 Å². The molecule has 3 N–H and O–H groups in total. The molecule has 0 saturated heterocycles. The number of hydrogen-bond acceptors (Lipinski definition) is 4. The lowest BCUT2D eigenvalue weighted by atomic mass is 10.1. The summed E-state index contributed by atoms with van der Waals surface area (Å²) in [5, 5.41) is 11.8. The number of nitrogens with one attached hydrogen (secondary N) is 1. The van der Waals surface area contributed by atoms with E-state index in [1.807, 2.05) is 6.92 Å². The number of urea groups is 1. The Bertz CT molecular complexity index is 798. The van der Waals surface area contributed by atoms with Crippen molar-refractivity contribution in [2.75, 3.05) is 12.4 Å². The highest BCUT2D eigenvalue weighted by molar-refractivity contribution is 7.89. The third kappa shape index (κ3) is 4.08. The maximum Gasteiger partial charge on any atom is 0.323 e. The summed E-state index contributed by atoms with van der Waals surface area (Å²) in [7, 11) is -0.315. The van der Waals surface area contributed by atoms with Crippen molar-refractivity contribution in [3.63, 3.8) is 0 Å². The molecule has 9 heteroatoms. The van der Waals surface area contributed by atoms with E-state index in [4.69, 9.17) is 5.14 Å². The quantitative estimate of drug-likeness (QED) is 0.876. The summed E-state index contributed by atoms with van der Waals surface area (Å²) in [5.74, 6) is 0.459. The minimum atomic E-state index is -3.72. The Labute approximate surface area is 134 Å². The SMILES string of the molecule is C[C@H](c1ccc(S(N)(=O)=O)cc1)N(C)C(=O)Nc1ccn(C)n1. The molecule has 0 aliphatic carbocycles. The lowest BCUT2D eigenvalue weighted by Gasteiger charge is -2.25. The van der Waals surface area contributed by atoms with Crippen molar-refractivity contribution >= 4 is 21.9 Å². The van der Waals surface area contributed by atoms with Gasteiger partial charge < -0.3 is 4.90 Å². The molecule has 2 aromatic rings. The van der Waals surface area contributed by atoms with E-state index in [1.165, 1.54) is 17.0 Å². The number of sulfonamides is 1. The van der Waals surface area contributed by atoms with Gasteiger partial charge in [0.2, 0.25) is 10.0 Å². The van der Waals surface area contributed by atoms with Gasteiger partial charge in [0.1, 0.15) is 0 Å². The van der Waals surface area contributed by atoms with Gasteiger partial charge in [0.25, 0.3) is 0 Å². The lowest BCUT2D eigenvalue weighted by molar-refractivity contribution is 0.208. The van der Waals surface area contributed by atoms with E-state index >= 15 is 0 Å². The van der Waals surface area contributed by atoms with Crippen molar-refractivity contribution in [3.8, 4) is 0 Å². The second kappa shape index (κ2) is 6.39. The van der Waals surface area contributed by atoms with Crippen LogP contribution in [0.25, 0.3) is 0 Å². The summed E-state index contributed by atoms with van der Waals surface area (Å²) in [6.07, 6.45) is 1.73. The van der Waals surface area contributed by atoms with Crippen LogP contribution in [0.4, 0.5) is 10.6 Å². The summed E-state index contributed by atoms with van der Waals surface area (Å²) >= 11 is 0. The monoisotopic (exact) mass is 337 g/mol. The van der Waals surface area contributed by atoms with Crippen molar-refractivity contribution in [1.82, 2.24) is 14.7 Å². The first-order valence-electron chi connectivity index (χ1n) is 6.84. The molecule has 124 valence electrons.